The normalized spacial score (nSPS) is 15.8. The largest absolute Gasteiger partial charge is 0.356 e. The zero-order chi connectivity index (χ0) is 25.5. The van der Waals surface area contributed by atoms with E-state index in [1.807, 2.05) is 34.8 Å². The Kier molecular flexibility index (Phi) is 6.08. The number of aryl methyl sites for hydroxylation is 1. The molecule has 0 radical (unpaired) electrons. The van der Waals surface area contributed by atoms with Gasteiger partial charge in [-0.15, -0.1) is 11.3 Å². The number of carbonyl (C=O) groups is 1. The smallest absolute Gasteiger partial charge is 0.199 e. The molecule has 1 atom stereocenters. The fourth-order valence-electron chi connectivity index (χ4n) is 5.05. The Bertz CT molecular complexity index is 1570. The number of anilines is 1. The average molecular weight is 512 g/mol. The standard InChI is InChI=1S/C28H29N7OS/c1-18(2)35-14-10-21(32-35)24-22(20-7-5-4-6-8-20)23-26(34-13-9-19(17-34)11-16-36)30-25(31-28(23)37-24)27-29-12-15-33(27)3/h4-8,10,12,14-16,18-19H,9,11,13,17H2,1-3H3. The van der Waals surface area contributed by atoms with Gasteiger partial charge in [-0.1, -0.05) is 30.3 Å². The van der Waals surface area contributed by atoms with Gasteiger partial charge in [-0.25, -0.2) is 15.0 Å². The van der Waals surface area contributed by atoms with Gasteiger partial charge in [0.05, 0.1) is 10.3 Å². The number of carbonyl (C=O) groups excluding carboxylic acids is 1. The summed E-state index contributed by atoms with van der Waals surface area (Å²) < 4.78 is 3.94. The van der Waals surface area contributed by atoms with Crippen LogP contribution in [0.3, 0.4) is 0 Å². The first-order chi connectivity index (χ1) is 18.0. The molecule has 0 N–H and O–H groups in total. The molecule has 5 heterocycles. The van der Waals surface area contributed by atoms with Crippen LogP contribution in [0.4, 0.5) is 5.82 Å². The minimum absolute atomic E-state index is 0.271. The van der Waals surface area contributed by atoms with E-state index in [1.165, 1.54) is 0 Å². The minimum atomic E-state index is 0.271. The van der Waals surface area contributed by atoms with Crippen LogP contribution in [0.2, 0.25) is 0 Å². The van der Waals surface area contributed by atoms with Crippen molar-refractivity contribution in [2.45, 2.75) is 32.7 Å². The molecule has 9 heteroatoms. The average Bonchev–Trinajstić information content (AvgIpc) is 3.69. The highest BCUT2D eigenvalue weighted by Crippen LogP contribution is 2.47. The molecule has 0 saturated carbocycles. The Balaban J connectivity index is 1.63. The van der Waals surface area contributed by atoms with E-state index >= 15 is 0 Å². The molecule has 1 unspecified atom stereocenters. The summed E-state index contributed by atoms with van der Waals surface area (Å²) in [6.45, 7) is 5.91. The summed E-state index contributed by atoms with van der Waals surface area (Å²) in [5.41, 5.74) is 3.15. The molecule has 0 amide bonds. The van der Waals surface area contributed by atoms with E-state index in [4.69, 9.17) is 15.1 Å². The molecule has 1 fully saturated rings. The van der Waals surface area contributed by atoms with Crippen molar-refractivity contribution in [2.75, 3.05) is 18.0 Å². The van der Waals surface area contributed by atoms with Crippen LogP contribution in [0.25, 0.3) is 43.6 Å². The molecule has 8 nitrogen and oxygen atoms in total. The maximum atomic E-state index is 11.3. The molecule has 5 aromatic rings. The molecule has 6 rings (SSSR count). The molecule has 188 valence electrons. The second kappa shape index (κ2) is 9.55. The molecule has 1 saturated heterocycles. The van der Waals surface area contributed by atoms with Crippen molar-refractivity contribution in [3.05, 3.63) is 55.0 Å². The number of hydrogen-bond donors (Lipinski definition) is 0. The Morgan fingerprint density at radius 3 is 2.68 bits per heavy atom. The van der Waals surface area contributed by atoms with Crippen LogP contribution in [0.1, 0.15) is 32.7 Å². The number of fused-ring (bicyclic) bond motifs is 1. The molecule has 0 spiro atoms. The predicted molar refractivity (Wildman–Crippen MR) is 148 cm³/mol. The number of aldehydes is 1. The first-order valence-corrected chi connectivity index (χ1v) is 13.5. The van der Waals surface area contributed by atoms with Gasteiger partial charge in [-0.3, -0.25) is 4.68 Å². The molecule has 1 aliphatic rings. The number of rotatable bonds is 7. The van der Waals surface area contributed by atoms with Crippen LogP contribution in [-0.4, -0.2) is 48.7 Å². The molecule has 4 aromatic heterocycles. The third-order valence-corrected chi connectivity index (χ3v) is 8.11. The Hall–Kier alpha value is -3.85. The number of benzene rings is 1. The van der Waals surface area contributed by atoms with Gasteiger partial charge in [-0.2, -0.15) is 5.10 Å². The van der Waals surface area contributed by atoms with Gasteiger partial charge in [0.2, 0.25) is 0 Å². The third-order valence-electron chi connectivity index (χ3n) is 7.00. The van der Waals surface area contributed by atoms with E-state index in [2.05, 4.69) is 54.1 Å². The lowest BCUT2D eigenvalue weighted by Crippen LogP contribution is -2.22. The van der Waals surface area contributed by atoms with E-state index in [0.717, 1.165) is 69.4 Å². The van der Waals surface area contributed by atoms with Crippen molar-refractivity contribution in [2.24, 2.45) is 13.0 Å². The van der Waals surface area contributed by atoms with Crippen LogP contribution in [0.5, 0.6) is 0 Å². The van der Waals surface area contributed by atoms with Gasteiger partial charge in [-0.05, 0) is 37.8 Å². The summed E-state index contributed by atoms with van der Waals surface area (Å²) in [4.78, 5) is 30.3. The van der Waals surface area contributed by atoms with Crippen molar-refractivity contribution in [1.82, 2.24) is 29.3 Å². The lowest BCUT2D eigenvalue weighted by atomic mass is 10.0. The molecule has 1 aliphatic heterocycles. The minimum Gasteiger partial charge on any atom is -0.356 e. The zero-order valence-electron chi connectivity index (χ0n) is 21.2. The second-order valence-electron chi connectivity index (χ2n) is 9.86. The van der Waals surface area contributed by atoms with Crippen molar-refractivity contribution >= 4 is 33.7 Å². The van der Waals surface area contributed by atoms with E-state index in [1.54, 1.807) is 17.5 Å². The van der Waals surface area contributed by atoms with E-state index in [-0.39, 0.29) is 6.04 Å². The van der Waals surface area contributed by atoms with Gasteiger partial charge in [0.15, 0.2) is 11.6 Å². The molecule has 37 heavy (non-hydrogen) atoms. The van der Waals surface area contributed by atoms with E-state index in [9.17, 15) is 4.79 Å². The third kappa shape index (κ3) is 4.23. The summed E-state index contributed by atoms with van der Waals surface area (Å²) in [6, 6.07) is 12.8. The van der Waals surface area contributed by atoms with Crippen LogP contribution in [-0.2, 0) is 11.8 Å². The Labute approximate surface area is 219 Å². The highest BCUT2D eigenvalue weighted by Gasteiger charge is 2.30. The van der Waals surface area contributed by atoms with Crippen LogP contribution < -0.4 is 4.90 Å². The lowest BCUT2D eigenvalue weighted by molar-refractivity contribution is -0.108. The summed E-state index contributed by atoms with van der Waals surface area (Å²) in [5, 5.41) is 5.96. The SMILES string of the molecule is CC(C)n1ccc(-c2sc3nc(-c4nccn4C)nc(N4CCC(CC=O)C4)c3c2-c2ccccc2)n1. The molecule has 0 bridgehead atoms. The van der Waals surface area contributed by atoms with Gasteiger partial charge in [0.1, 0.15) is 22.6 Å². The lowest BCUT2D eigenvalue weighted by Gasteiger charge is -2.20. The number of aromatic nitrogens is 6. The number of hydrogen-bond acceptors (Lipinski definition) is 7. The monoisotopic (exact) mass is 511 g/mol. The predicted octanol–water partition coefficient (Wildman–Crippen LogP) is 5.62. The van der Waals surface area contributed by atoms with Crippen molar-refractivity contribution in [3.8, 4) is 33.3 Å². The van der Waals surface area contributed by atoms with Crippen molar-refractivity contribution in [3.63, 3.8) is 0 Å². The number of thiophene rings is 1. The van der Waals surface area contributed by atoms with E-state index < -0.39 is 0 Å². The maximum absolute atomic E-state index is 11.3. The van der Waals surface area contributed by atoms with Gasteiger partial charge in [0, 0.05) is 56.8 Å². The summed E-state index contributed by atoms with van der Waals surface area (Å²) in [7, 11) is 1.96. The molecule has 0 aliphatic carbocycles. The fraction of sp³-hybridized carbons (Fsp3) is 0.321. The topological polar surface area (TPSA) is 81.7 Å². The number of imidazole rings is 1. The first-order valence-electron chi connectivity index (χ1n) is 12.6. The highest BCUT2D eigenvalue weighted by atomic mass is 32.1. The fourth-order valence-corrected chi connectivity index (χ4v) is 6.21. The quantitative estimate of drug-likeness (QED) is 0.264. The van der Waals surface area contributed by atoms with E-state index in [0.29, 0.717) is 18.2 Å². The van der Waals surface area contributed by atoms with Gasteiger partial charge < -0.3 is 14.3 Å². The summed E-state index contributed by atoms with van der Waals surface area (Å²) >= 11 is 1.65. The maximum Gasteiger partial charge on any atom is 0.199 e. The first kappa shape index (κ1) is 23.5. The van der Waals surface area contributed by atoms with Gasteiger partial charge >= 0.3 is 0 Å². The van der Waals surface area contributed by atoms with Crippen LogP contribution in [0, 0.1) is 5.92 Å². The Morgan fingerprint density at radius 2 is 1.97 bits per heavy atom. The highest BCUT2D eigenvalue weighted by molar-refractivity contribution is 7.22. The molecule has 1 aromatic carbocycles. The van der Waals surface area contributed by atoms with Crippen LogP contribution >= 0.6 is 11.3 Å². The van der Waals surface area contributed by atoms with Crippen molar-refractivity contribution in [1.29, 1.82) is 0 Å². The summed E-state index contributed by atoms with van der Waals surface area (Å²) in [6.07, 6.45) is 8.29. The number of nitrogens with zero attached hydrogens (tertiary/aromatic N) is 7. The van der Waals surface area contributed by atoms with Gasteiger partial charge in [0.25, 0.3) is 0 Å². The zero-order valence-corrected chi connectivity index (χ0v) is 22.0. The second-order valence-corrected chi connectivity index (χ2v) is 10.9. The molecular formula is C28H29N7OS. The van der Waals surface area contributed by atoms with Crippen molar-refractivity contribution < 1.29 is 4.79 Å². The Morgan fingerprint density at radius 1 is 1.14 bits per heavy atom. The molecular weight excluding hydrogens is 482 g/mol. The van der Waals surface area contributed by atoms with Crippen LogP contribution in [0.15, 0.2) is 55.0 Å². The summed E-state index contributed by atoms with van der Waals surface area (Å²) in [5.74, 6) is 2.57.